The second kappa shape index (κ2) is 5.70. The summed E-state index contributed by atoms with van der Waals surface area (Å²) in [5, 5.41) is 2.13. The van der Waals surface area contributed by atoms with Crippen molar-refractivity contribution in [1.82, 2.24) is 10.4 Å². The molecule has 0 radical (unpaired) electrons. The largest absolute Gasteiger partial charge is 0.497 e. The van der Waals surface area contributed by atoms with Crippen LogP contribution >= 0.6 is 0 Å². The molecular formula is C20H22N2O3. The van der Waals surface area contributed by atoms with Crippen LogP contribution in [0.4, 0.5) is 0 Å². The van der Waals surface area contributed by atoms with Crippen molar-refractivity contribution < 1.29 is 14.2 Å². The van der Waals surface area contributed by atoms with E-state index in [-0.39, 0.29) is 6.04 Å². The number of ether oxygens (including phenoxy) is 3. The van der Waals surface area contributed by atoms with Crippen LogP contribution in [0.1, 0.15) is 31.0 Å². The maximum absolute atomic E-state index is 6.21. The van der Waals surface area contributed by atoms with Gasteiger partial charge in [0.1, 0.15) is 17.2 Å². The number of nitrogens with one attached hydrogen (secondary N) is 1. The lowest BCUT2D eigenvalue weighted by atomic mass is 9.99. The zero-order valence-corrected chi connectivity index (χ0v) is 14.9. The predicted octanol–water partition coefficient (Wildman–Crippen LogP) is 3.73. The number of rotatable bonds is 3. The summed E-state index contributed by atoms with van der Waals surface area (Å²) in [5.41, 5.74) is 6.28. The van der Waals surface area contributed by atoms with Crippen LogP contribution in [-0.2, 0) is 0 Å². The molecule has 2 heterocycles. The van der Waals surface area contributed by atoms with Crippen molar-refractivity contribution in [2.75, 3.05) is 14.2 Å². The molecule has 0 aromatic heterocycles. The standard InChI is InChI=1S/C20H22N2O3/c1-20(2)22-18(16-11-15(24-4)9-10-19(16)25-20)12-17(21-22)13-5-7-14(23-3)8-6-13/h5-12,18,21H,1-4H3. The SMILES string of the molecule is COc1ccc(C2=CC3c4cc(OC)ccc4OC(C)(C)N3N2)cc1. The molecular weight excluding hydrogens is 316 g/mol. The maximum atomic E-state index is 6.21. The summed E-state index contributed by atoms with van der Waals surface area (Å²) < 4.78 is 16.8. The minimum absolute atomic E-state index is 0.0750. The molecule has 0 fully saturated rings. The summed E-state index contributed by atoms with van der Waals surface area (Å²) in [5.74, 6) is 2.56. The molecule has 0 amide bonds. The molecule has 0 bridgehead atoms. The van der Waals surface area contributed by atoms with Crippen LogP contribution in [-0.4, -0.2) is 25.0 Å². The van der Waals surface area contributed by atoms with Crippen molar-refractivity contribution in [1.29, 1.82) is 0 Å². The van der Waals surface area contributed by atoms with E-state index in [1.807, 2.05) is 30.3 Å². The first-order chi connectivity index (χ1) is 12.0. The Bertz CT molecular complexity index is 827. The summed E-state index contributed by atoms with van der Waals surface area (Å²) in [6.07, 6.45) is 2.23. The van der Waals surface area contributed by atoms with Crippen LogP contribution in [0.25, 0.3) is 5.70 Å². The van der Waals surface area contributed by atoms with E-state index in [4.69, 9.17) is 14.2 Å². The quantitative estimate of drug-likeness (QED) is 0.924. The minimum atomic E-state index is -0.475. The van der Waals surface area contributed by atoms with E-state index in [2.05, 4.69) is 42.5 Å². The van der Waals surface area contributed by atoms with Gasteiger partial charge in [-0.25, -0.2) is 0 Å². The van der Waals surface area contributed by atoms with Crippen LogP contribution in [0.5, 0.6) is 17.2 Å². The first-order valence-electron chi connectivity index (χ1n) is 8.31. The molecule has 2 aliphatic rings. The first kappa shape index (κ1) is 15.8. The molecule has 4 rings (SSSR count). The molecule has 5 nitrogen and oxygen atoms in total. The van der Waals surface area contributed by atoms with Gasteiger partial charge in [0.25, 0.3) is 0 Å². The van der Waals surface area contributed by atoms with Gasteiger partial charge in [-0.05, 0) is 68.0 Å². The number of hydrogen-bond acceptors (Lipinski definition) is 5. The van der Waals surface area contributed by atoms with Crippen molar-refractivity contribution in [2.45, 2.75) is 25.6 Å². The van der Waals surface area contributed by atoms with Gasteiger partial charge in [-0.2, -0.15) is 5.01 Å². The van der Waals surface area contributed by atoms with Crippen molar-refractivity contribution in [3.63, 3.8) is 0 Å². The van der Waals surface area contributed by atoms with E-state index in [9.17, 15) is 0 Å². The Hall–Kier alpha value is -2.66. The van der Waals surface area contributed by atoms with Gasteiger partial charge in [0.15, 0.2) is 5.72 Å². The average Bonchev–Trinajstić information content (AvgIpc) is 3.08. The highest BCUT2D eigenvalue weighted by molar-refractivity contribution is 5.68. The van der Waals surface area contributed by atoms with Gasteiger partial charge in [0.2, 0.25) is 0 Å². The van der Waals surface area contributed by atoms with E-state index in [1.165, 1.54) is 0 Å². The number of nitrogens with zero attached hydrogens (tertiary/aromatic N) is 1. The van der Waals surface area contributed by atoms with Gasteiger partial charge < -0.3 is 19.6 Å². The summed E-state index contributed by atoms with van der Waals surface area (Å²) in [6, 6.07) is 14.1. The molecule has 1 N–H and O–H groups in total. The molecule has 1 unspecified atom stereocenters. The lowest BCUT2D eigenvalue weighted by molar-refractivity contribution is -0.103. The Morgan fingerprint density at radius 2 is 1.68 bits per heavy atom. The molecule has 2 aliphatic heterocycles. The van der Waals surface area contributed by atoms with Crippen LogP contribution in [0.3, 0.4) is 0 Å². The zero-order valence-electron chi connectivity index (χ0n) is 14.9. The van der Waals surface area contributed by atoms with E-state index in [0.717, 1.165) is 34.1 Å². The van der Waals surface area contributed by atoms with Crippen LogP contribution in [0.2, 0.25) is 0 Å². The maximum Gasteiger partial charge on any atom is 0.174 e. The van der Waals surface area contributed by atoms with Gasteiger partial charge in [0, 0.05) is 5.56 Å². The van der Waals surface area contributed by atoms with Crippen LogP contribution in [0.15, 0.2) is 48.5 Å². The lowest BCUT2D eigenvalue weighted by Crippen LogP contribution is -2.55. The van der Waals surface area contributed by atoms with E-state index < -0.39 is 5.72 Å². The summed E-state index contributed by atoms with van der Waals surface area (Å²) >= 11 is 0. The van der Waals surface area contributed by atoms with Gasteiger partial charge >= 0.3 is 0 Å². The highest BCUT2D eigenvalue weighted by Crippen LogP contribution is 2.46. The van der Waals surface area contributed by atoms with Crippen molar-refractivity contribution in [2.24, 2.45) is 0 Å². The van der Waals surface area contributed by atoms with Crippen molar-refractivity contribution >= 4 is 5.70 Å². The monoisotopic (exact) mass is 338 g/mol. The van der Waals surface area contributed by atoms with Crippen molar-refractivity contribution in [3.05, 3.63) is 59.7 Å². The summed E-state index contributed by atoms with van der Waals surface area (Å²) in [7, 11) is 3.35. The second-order valence-corrected chi connectivity index (χ2v) is 6.69. The van der Waals surface area contributed by atoms with Gasteiger partial charge in [-0.1, -0.05) is 0 Å². The molecule has 1 atom stereocenters. The fourth-order valence-corrected chi connectivity index (χ4v) is 3.39. The normalized spacial score (nSPS) is 20.6. The van der Waals surface area contributed by atoms with Gasteiger partial charge in [-0.3, -0.25) is 0 Å². The number of fused-ring (bicyclic) bond motifs is 3. The fourth-order valence-electron chi connectivity index (χ4n) is 3.39. The average molecular weight is 338 g/mol. The van der Waals surface area contributed by atoms with E-state index >= 15 is 0 Å². The molecule has 25 heavy (non-hydrogen) atoms. The number of benzene rings is 2. The topological polar surface area (TPSA) is 43.0 Å². The molecule has 130 valence electrons. The van der Waals surface area contributed by atoms with E-state index in [0.29, 0.717) is 0 Å². The second-order valence-electron chi connectivity index (χ2n) is 6.69. The molecule has 0 spiro atoms. The fraction of sp³-hybridized carbons (Fsp3) is 0.300. The number of methoxy groups -OCH3 is 2. The third-order valence-corrected chi connectivity index (χ3v) is 4.72. The smallest absolute Gasteiger partial charge is 0.174 e. The molecule has 0 saturated heterocycles. The molecule has 0 aliphatic carbocycles. The molecule has 0 saturated carbocycles. The highest BCUT2D eigenvalue weighted by Gasteiger charge is 2.44. The molecule has 5 heteroatoms. The van der Waals surface area contributed by atoms with Crippen LogP contribution < -0.4 is 19.6 Å². The predicted molar refractivity (Wildman–Crippen MR) is 96.4 cm³/mol. The Morgan fingerprint density at radius 3 is 2.36 bits per heavy atom. The first-order valence-corrected chi connectivity index (χ1v) is 8.31. The molecule has 2 aromatic carbocycles. The Morgan fingerprint density at radius 1 is 1.00 bits per heavy atom. The summed E-state index contributed by atoms with van der Waals surface area (Å²) in [6.45, 7) is 4.12. The Balaban J connectivity index is 1.75. The van der Waals surface area contributed by atoms with E-state index in [1.54, 1.807) is 14.2 Å². The minimum Gasteiger partial charge on any atom is -0.497 e. The van der Waals surface area contributed by atoms with Crippen LogP contribution in [0, 0.1) is 0 Å². The lowest BCUT2D eigenvalue weighted by Gasteiger charge is -2.44. The zero-order chi connectivity index (χ0) is 17.6. The van der Waals surface area contributed by atoms with Gasteiger partial charge in [0.05, 0.1) is 26.0 Å². The van der Waals surface area contributed by atoms with Gasteiger partial charge in [-0.15, -0.1) is 0 Å². The summed E-state index contributed by atoms with van der Waals surface area (Å²) in [4.78, 5) is 0. The Kier molecular flexibility index (Phi) is 3.62. The highest BCUT2D eigenvalue weighted by atomic mass is 16.5. The molecule has 2 aromatic rings. The Labute approximate surface area is 147 Å². The number of hydrogen-bond donors (Lipinski definition) is 1. The number of hydrazine groups is 1. The third-order valence-electron chi connectivity index (χ3n) is 4.72. The third kappa shape index (κ3) is 2.61. The van der Waals surface area contributed by atoms with Crippen molar-refractivity contribution in [3.8, 4) is 17.2 Å².